The minimum atomic E-state index is -4.30. The number of para-hydroxylation sites is 1. The molecule has 4 aromatic rings. The number of nitrogens with one attached hydrogen (secondary N) is 1. The zero-order valence-corrected chi connectivity index (χ0v) is 16.3. The van der Waals surface area contributed by atoms with Crippen molar-refractivity contribution in [3.63, 3.8) is 0 Å². The van der Waals surface area contributed by atoms with Gasteiger partial charge in [-0.05, 0) is 36.4 Å². The summed E-state index contributed by atoms with van der Waals surface area (Å²) in [7, 11) is -2.97. The third-order valence-electron chi connectivity index (χ3n) is 4.24. The Hall–Kier alpha value is -3.99. The lowest BCUT2D eigenvalue weighted by molar-refractivity contribution is -0.387. The van der Waals surface area contributed by atoms with Crippen LogP contribution in [0.25, 0.3) is 22.6 Å². The first-order valence-electron chi connectivity index (χ1n) is 8.54. The molecule has 0 saturated carbocycles. The molecule has 0 amide bonds. The first kappa shape index (κ1) is 19.3. The zero-order chi connectivity index (χ0) is 21.3. The largest absolute Gasteiger partial charge is 0.497 e. The van der Waals surface area contributed by atoms with Crippen molar-refractivity contribution in [2.24, 2.45) is 0 Å². The van der Waals surface area contributed by atoms with Crippen molar-refractivity contribution in [3.05, 3.63) is 71.0 Å². The molecule has 11 heteroatoms. The highest BCUT2D eigenvalue weighted by Gasteiger charge is 2.27. The van der Waals surface area contributed by atoms with Crippen LogP contribution in [0, 0.1) is 10.1 Å². The van der Waals surface area contributed by atoms with E-state index in [1.54, 1.807) is 36.7 Å². The smallest absolute Gasteiger partial charge is 0.293 e. The minimum absolute atomic E-state index is 0.127. The summed E-state index contributed by atoms with van der Waals surface area (Å²) in [5.41, 5.74) is 0.810. The van der Waals surface area contributed by atoms with E-state index in [1.807, 2.05) is 0 Å². The number of pyridine rings is 1. The molecule has 0 aliphatic carbocycles. The van der Waals surface area contributed by atoms with E-state index in [2.05, 4.69) is 14.7 Å². The molecule has 2 aromatic heterocycles. The number of aromatic nitrogens is 2. The van der Waals surface area contributed by atoms with E-state index in [9.17, 15) is 18.5 Å². The van der Waals surface area contributed by atoms with Crippen LogP contribution in [0.2, 0.25) is 0 Å². The Morgan fingerprint density at radius 2 is 1.90 bits per heavy atom. The average Bonchev–Trinajstić information content (AvgIpc) is 3.19. The minimum Gasteiger partial charge on any atom is -0.497 e. The lowest BCUT2D eigenvalue weighted by atomic mass is 10.3. The summed E-state index contributed by atoms with van der Waals surface area (Å²) in [4.78, 5) is 18.4. The third kappa shape index (κ3) is 3.53. The molecular weight excluding hydrogens is 412 g/mol. The van der Waals surface area contributed by atoms with Crippen LogP contribution in [0.3, 0.4) is 0 Å². The van der Waals surface area contributed by atoms with E-state index in [0.29, 0.717) is 11.1 Å². The molecule has 1 N–H and O–H groups in total. The maximum Gasteiger partial charge on any atom is 0.293 e. The number of rotatable bonds is 6. The Morgan fingerprint density at radius 3 is 2.60 bits per heavy atom. The first-order valence-corrected chi connectivity index (χ1v) is 10.0. The van der Waals surface area contributed by atoms with Crippen LogP contribution < -0.4 is 9.46 Å². The number of nitro benzene ring substituents is 1. The number of sulfonamides is 1. The van der Waals surface area contributed by atoms with E-state index in [0.717, 1.165) is 12.1 Å². The van der Waals surface area contributed by atoms with Gasteiger partial charge in [0.2, 0.25) is 5.89 Å². The van der Waals surface area contributed by atoms with E-state index in [1.165, 1.54) is 19.2 Å². The molecule has 0 bridgehead atoms. The van der Waals surface area contributed by atoms with Gasteiger partial charge in [0.15, 0.2) is 10.5 Å². The van der Waals surface area contributed by atoms with Gasteiger partial charge in [-0.1, -0.05) is 6.07 Å². The van der Waals surface area contributed by atoms with Crippen molar-refractivity contribution in [2.45, 2.75) is 4.90 Å². The fourth-order valence-electron chi connectivity index (χ4n) is 2.84. The lowest BCUT2D eigenvalue weighted by Gasteiger charge is -2.09. The molecule has 30 heavy (non-hydrogen) atoms. The summed E-state index contributed by atoms with van der Waals surface area (Å²) in [5, 5.41) is 11.4. The number of fused-ring (bicyclic) bond motifs is 1. The van der Waals surface area contributed by atoms with Crippen LogP contribution in [-0.4, -0.2) is 30.4 Å². The highest BCUT2D eigenvalue weighted by atomic mass is 32.2. The Morgan fingerprint density at radius 1 is 1.13 bits per heavy atom. The van der Waals surface area contributed by atoms with E-state index < -0.39 is 25.5 Å². The number of oxazole rings is 1. The molecule has 10 nitrogen and oxygen atoms in total. The number of anilines is 1. The van der Waals surface area contributed by atoms with Gasteiger partial charge in [-0.25, -0.2) is 13.4 Å². The van der Waals surface area contributed by atoms with Crippen molar-refractivity contribution >= 4 is 32.5 Å². The SMILES string of the molecule is COc1ccc(S(=O)(=O)Nc2cccc3oc(-c4ccncc4)nc23)c([N+](=O)[O-])c1. The van der Waals surface area contributed by atoms with Gasteiger partial charge in [0.1, 0.15) is 11.3 Å². The van der Waals surface area contributed by atoms with Crippen molar-refractivity contribution in [1.29, 1.82) is 0 Å². The number of nitrogens with zero attached hydrogens (tertiary/aromatic N) is 3. The highest BCUT2D eigenvalue weighted by Crippen LogP contribution is 2.33. The fourth-order valence-corrected chi connectivity index (χ4v) is 4.06. The molecule has 0 fully saturated rings. The van der Waals surface area contributed by atoms with Crippen LogP contribution >= 0.6 is 0 Å². The quantitative estimate of drug-likeness (QED) is 0.364. The van der Waals surface area contributed by atoms with Gasteiger partial charge in [0.25, 0.3) is 15.7 Å². The van der Waals surface area contributed by atoms with Gasteiger partial charge in [0.05, 0.1) is 23.8 Å². The molecule has 2 aromatic carbocycles. The number of ether oxygens (including phenoxy) is 1. The number of methoxy groups -OCH3 is 1. The van der Waals surface area contributed by atoms with Gasteiger partial charge in [-0.15, -0.1) is 0 Å². The van der Waals surface area contributed by atoms with Crippen molar-refractivity contribution < 1.29 is 22.5 Å². The molecule has 4 rings (SSSR count). The van der Waals surface area contributed by atoms with Crippen molar-refractivity contribution in [1.82, 2.24) is 9.97 Å². The standard InChI is InChI=1S/C19H14N4O6S/c1-28-13-5-6-17(15(11-13)23(24)25)30(26,27)22-14-3-2-4-16-18(14)21-19(29-16)12-7-9-20-10-8-12/h2-11,22H,1H3. The number of benzene rings is 2. The second-order valence-corrected chi connectivity index (χ2v) is 7.75. The highest BCUT2D eigenvalue weighted by molar-refractivity contribution is 7.92. The van der Waals surface area contributed by atoms with E-state index >= 15 is 0 Å². The molecular formula is C19H14N4O6S. The normalized spacial score (nSPS) is 11.4. The Balaban J connectivity index is 1.77. The predicted molar refractivity (Wildman–Crippen MR) is 108 cm³/mol. The number of hydrogen-bond acceptors (Lipinski definition) is 8. The summed E-state index contributed by atoms with van der Waals surface area (Å²) >= 11 is 0. The molecule has 0 unspecified atom stereocenters. The van der Waals surface area contributed by atoms with Crippen LogP contribution in [0.15, 0.2) is 70.2 Å². The maximum absolute atomic E-state index is 12.9. The molecule has 0 saturated heterocycles. The molecule has 2 heterocycles. The summed E-state index contributed by atoms with van der Waals surface area (Å²) in [6.45, 7) is 0. The Labute approximate surface area is 170 Å². The molecule has 0 spiro atoms. The maximum atomic E-state index is 12.9. The van der Waals surface area contributed by atoms with E-state index in [4.69, 9.17) is 9.15 Å². The summed E-state index contributed by atoms with van der Waals surface area (Å²) in [6.07, 6.45) is 3.16. The summed E-state index contributed by atoms with van der Waals surface area (Å²) in [6, 6.07) is 11.6. The number of hydrogen-bond donors (Lipinski definition) is 1. The van der Waals surface area contributed by atoms with Gasteiger partial charge in [0, 0.05) is 18.0 Å². The number of nitro groups is 1. The van der Waals surface area contributed by atoms with Crippen molar-refractivity contribution in [2.75, 3.05) is 11.8 Å². The van der Waals surface area contributed by atoms with Gasteiger partial charge in [-0.2, -0.15) is 0 Å². The summed E-state index contributed by atoms with van der Waals surface area (Å²) < 4.78 is 38.9. The molecule has 0 radical (unpaired) electrons. The first-order chi connectivity index (χ1) is 14.4. The molecule has 0 aliphatic heterocycles. The van der Waals surface area contributed by atoms with Gasteiger partial charge in [-0.3, -0.25) is 19.8 Å². The fraction of sp³-hybridized carbons (Fsp3) is 0.0526. The summed E-state index contributed by atoms with van der Waals surface area (Å²) in [5.74, 6) is 0.454. The van der Waals surface area contributed by atoms with Crippen LogP contribution in [0.5, 0.6) is 5.75 Å². The van der Waals surface area contributed by atoms with Gasteiger partial charge >= 0.3 is 0 Å². The lowest BCUT2D eigenvalue weighted by Crippen LogP contribution is -2.15. The topological polar surface area (TPSA) is 137 Å². The Bertz CT molecular complexity index is 1350. The predicted octanol–water partition coefficient (Wildman–Crippen LogP) is 3.61. The zero-order valence-electron chi connectivity index (χ0n) is 15.5. The van der Waals surface area contributed by atoms with Crippen molar-refractivity contribution in [3.8, 4) is 17.2 Å². The van der Waals surface area contributed by atoms with Crippen LogP contribution in [0.1, 0.15) is 0 Å². The van der Waals surface area contributed by atoms with Crippen LogP contribution in [0.4, 0.5) is 11.4 Å². The molecule has 152 valence electrons. The third-order valence-corrected chi connectivity index (χ3v) is 5.66. The molecule has 0 aliphatic rings. The second-order valence-electron chi connectivity index (χ2n) is 6.10. The van der Waals surface area contributed by atoms with Gasteiger partial charge < -0.3 is 9.15 Å². The average molecular weight is 426 g/mol. The molecule has 0 atom stereocenters. The monoisotopic (exact) mass is 426 g/mol. The van der Waals surface area contributed by atoms with Crippen LogP contribution in [-0.2, 0) is 10.0 Å². The second kappa shape index (κ2) is 7.44. The van der Waals surface area contributed by atoms with E-state index in [-0.39, 0.29) is 22.8 Å². The Kier molecular flexibility index (Phi) is 4.80.